The Morgan fingerprint density at radius 1 is 1.18 bits per heavy atom. The van der Waals surface area contributed by atoms with Crippen molar-refractivity contribution >= 4 is 29.9 Å². The van der Waals surface area contributed by atoms with Crippen LogP contribution in [-0.2, 0) is 11.3 Å². The topological polar surface area (TPSA) is 64.1 Å². The lowest BCUT2D eigenvalue weighted by Gasteiger charge is -2.20. The van der Waals surface area contributed by atoms with Crippen molar-refractivity contribution in [2.75, 3.05) is 27.3 Å². The van der Waals surface area contributed by atoms with Gasteiger partial charge in [-0.15, -0.1) is 24.0 Å². The monoisotopic (exact) mass is 503 g/mol. The van der Waals surface area contributed by atoms with Gasteiger partial charge in [-0.1, -0.05) is 12.1 Å². The second-order valence-corrected chi connectivity index (χ2v) is 7.25. The number of halogens is 1. The molecule has 3 rings (SSSR count). The highest BCUT2D eigenvalue weighted by molar-refractivity contribution is 14.0. The van der Waals surface area contributed by atoms with Crippen molar-refractivity contribution in [1.82, 2.24) is 10.6 Å². The maximum atomic E-state index is 6.30. The van der Waals surface area contributed by atoms with E-state index in [-0.39, 0.29) is 24.0 Å². The number of hydrogen-bond acceptors (Lipinski definition) is 4. The van der Waals surface area contributed by atoms with Gasteiger partial charge in [-0.3, -0.25) is 4.99 Å². The number of methoxy groups -OCH3 is 1. The lowest BCUT2D eigenvalue weighted by molar-refractivity contribution is 0.105. The molecule has 2 fully saturated rings. The molecule has 1 aliphatic heterocycles. The Kier molecular flexibility index (Phi) is 10.2. The number of rotatable bonds is 8. The SMILES string of the molecule is CN=C(NCCC1CCCO1)NCc1cccc(OC)c1OC1CCCC1.I. The first-order valence-electron chi connectivity index (χ1n) is 10.2. The van der Waals surface area contributed by atoms with Gasteiger partial charge in [-0.05, 0) is 51.0 Å². The van der Waals surface area contributed by atoms with Gasteiger partial charge in [0.05, 0.1) is 19.3 Å². The summed E-state index contributed by atoms with van der Waals surface area (Å²) in [6.45, 7) is 2.39. The number of ether oxygens (including phenoxy) is 3. The maximum absolute atomic E-state index is 6.30. The largest absolute Gasteiger partial charge is 0.493 e. The normalized spacial score (nSPS) is 19.9. The van der Waals surface area contributed by atoms with Gasteiger partial charge >= 0.3 is 0 Å². The van der Waals surface area contributed by atoms with E-state index in [0.717, 1.165) is 55.4 Å². The highest BCUT2D eigenvalue weighted by Crippen LogP contribution is 2.34. The number of hydrogen-bond donors (Lipinski definition) is 2. The summed E-state index contributed by atoms with van der Waals surface area (Å²) in [6, 6.07) is 6.05. The number of para-hydroxylation sites is 1. The van der Waals surface area contributed by atoms with E-state index >= 15 is 0 Å². The molecule has 1 aromatic carbocycles. The average Bonchev–Trinajstić information content (AvgIpc) is 3.39. The molecule has 28 heavy (non-hydrogen) atoms. The van der Waals surface area contributed by atoms with Crippen molar-refractivity contribution < 1.29 is 14.2 Å². The molecule has 158 valence electrons. The molecule has 1 atom stereocenters. The first-order chi connectivity index (χ1) is 13.3. The van der Waals surface area contributed by atoms with E-state index < -0.39 is 0 Å². The van der Waals surface area contributed by atoms with Crippen molar-refractivity contribution in [2.45, 2.75) is 63.7 Å². The highest BCUT2D eigenvalue weighted by Gasteiger charge is 2.20. The Bertz CT molecular complexity index is 615. The summed E-state index contributed by atoms with van der Waals surface area (Å²) in [5.41, 5.74) is 1.09. The van der Waals surface area contributed by atoms with Gasteiger partial charge in [0.15, 0.2) is 17.5 Å². The Morgan fingerprint density at radius 2 is 2.00 bits per heavy atom. The number of nitrogens with zero attached hydrogens (tertiary/aromatic N) is 1. The fraction of sp³-hybridized carbons (Fsp3) is 0.667. The lowest BCUT2D eigenvalue weighted by Crippen LogP contribution is -2.38. The standard InChI is InChI=1S/C21H33N3O3.HI/c1-22-21(23-13-12-17-10-6-14-26-17)24-15-16-7-5-11-19(25-2)20(16)27-18-8-3-4-9-18;/h5,7,11,17-18H,3-4,6,8-10,12-15H2,1-2H3,(H2,22,23,24);1H. The van der Waals surface area contributed by atoms with Crippen LogP contribution in [0.15, 0.2) is 23.2 Å². The summed E-state index contributed by atoms with van der Waals surface area (Å²) in [7, 11) is 3.49. The summed E-state index contributed by atoms with van der Waals surface area (Å²) in [4.78, 5) is 4.32. The quantitative estimate of drug-likeness (QED) is 0.321. The summed E-state index contributed by atoms with van der Waals surface area (Å²) in [5.74, 6) is 2.44. The summed E-state index contributed by atoms with van der Waals surface area (Å²) >= 11 is 0. The van der Waals surface area contributed by atoms with Crippen LogP contribution in [0.5, 0.6) is 11.5 Å². The lowest BCUT2D eigenvalue weighted by atomic mass is 10.1. The molecule has 2 N–H and O–H groups in total. The Labute approximate surface area is 185 Å². The van der Waals surface area contributed by atoms with Gasteiger partial charge in [-0.2, -0.15) is 0 Å². The third-order valence-electron chi connectivity index (χ3n) is 5.32. The van der Waals surface area contributed by atoms with E-state index in [2.05, 4.69) is 21.7 Å². The van der Waals surface area contributed by atoms with Gasteiger partial charge in [-0.25, -0.2) is 0 Å². The molecule has 0 radical (unpaired) electrons. The van der Waals surface area contributed by atoms with E-state index in [0.29, 0.717) is 18.8 Å². The van der Waals surface area contributed by atoms with Crippen LogP contribution in [0.4, 0.5) is 0 Å². The molecule has 0 aromatic heterocycles. The van der Waals surface area contributed by atoms with Gasteiger partial charge < -0.3 is 24.8 Å². The van der Waals surface area contributed by atoms with Gasteiger partial charge in [0.2, 0.25) is 0 Å². The zero-order valence-electron chi connectivity index (χ0n) is 17.0. The Balaban J connectivity index is 0.00000280. The van der Waals surface area contributed by atoms with E-state index in [1.54, 1.807) is 14.2 Å². The van der Waals surface area contributed by atoms with Crippen molar-refractivity contribution in [2.24, 2.45) is 4.99 Å². The molecule has 1 saturated carbocycles. The second kappa shape index (κ2) is 12.4. The third-order valence-corrected chi connectivity index (χ3v) is 5.32. The molecular formula is C21H34IN3O3. The summed E-state index contributed by atoms with van der Waals surface area (Å²) < 4.78 is 17.5. The fourth-order valence-electron chi connectivity index (χ4n) is 3.79. The molecule has 2 aliphatic rings. The summed E-state index contributed by atoms with van der Waals surface area (Å²) in [6.07, 6.45) is 8.77. The molecule has 1 unspecified atom stereocenters. The predicted octanol–water partition coefficient (Wildman–Crippen LogP) is 3.87. The van der Waals surface area contributed by atoms with Crippen LogP contribution >= 0.6 is 24.0 Å². The second-order valence-electron chi connectivity index (χ2n) is 7.25. The zero-order valence-corrected chi connectivity index (χ0v) is 19.4. The van der Waals surface area contributed by atoms with Crippen molar-refractivity contribution in [3.05, 3.63) is 23.8 Å². The molecular weight excluding hydrogens is 469 g/mol. The van der Waals surface area contributed by atoms with Gasteiger partial charge in [0.25, 0.3) is 0 Å². The molecule has 1 aliphatic carbocycles. The molecule has 1 heterocycles. The van der Waals surface area contributed by atoms with E-state index in [9.17, 15) is 0 Å². The number of aliphatic imine (C=N–C) groups is 1. The fourth-order valence-corrected chi connectivity index (χ4v) is 3.79. The molecule has 0 amide bonds. The number of nitrogens with one attached hydrogen (secondary N) is 2. The predicted molar refractivity (Wildman–Crippen MR) is 123 cm³/mol. The van der Waals surface area contributed by atoms with E-state index in [1.165, 1.54) is 25.7 Å². The van der Waals surface area contributed by atoms with Crippen LogP contribution in [0.1, 0.15) is 50.5 Å². The number of benzene rings is 1. The van der Waals surface area contributed by atoms with Crippen LogP contribution in [-0.4, -0.2) is 45.5 Å². The first kappa shape index (κ1) is 23.1. The van der Waals surface area contributed by atoms with Crippen molar-refractivity contribution in [3.8, 4) is 11.5 Å². The van der Waals surface area contributed by atoms with E-state index in [4.69, 9.17) is 14.2 Å². The molecule has 1 saturated heterocycles. The van der Waals surface area contributed by atoms with Crippen LogP contribution in [0.2, 0.25) is 0 Å². The molecule has 7 heteroatoms. The van der Waals surface area contributed by atoms with Crippen molar-refractivity contribution in [3.63, 3.8) is 0 Å². The average molecular weight is 503 g/mol. The smallest absolute Gasteiger partial charge is 0.191 e. The van der Waals surface area contributed by atoms with Gasteiger partial charge in [0.1, 0.15) is 0 Å². The Morgan fingerprint density at radius 3 is 2.68 bits per heavy atom. The highest BCUT2D eigenvalue weighted by atomic mass is 127. The molecule has 1 aromatic rings. The molecule has 0 spiro atoms. The molecule has 0 bridgehead atoms. The number of guanidine groups is 1. The Hall–Kier alpha value is -1.22. The van der Waals surface area contributed by atoms with Crippen LogP contribution in [0, 0.1) is 0 Å². The maximum Gasteiger partial charge on any atom is 0.191 e. The minimum atomic E-state index is 0. The minimum Gasteiger partial charge on any atom is -0.493 e. The van der Waals surface area contributed by atoms with E-state index in [1.807, 2.05) is 12.1 Å². The van der Waals surface area contributed by atoms with Crippen LogP contribution in [0.25, 0.3) is 0 Å². The first-order valence-corrected chi connectivity index (χ1v) is 10.2. The third kappa shape index (κ3) is 6.69. The molecule has 6 nitrogen and oxygen atoms in total. The van der Waals surface area contributed by atoms with Crippen LogP contribution < -0.4 is 20.1 Å². The van der Waals surface area contributed by atoms with Crippen molar-refractivity contribution in [1.29, 1.82) is 0 Å². The van der Waals surface area contributed by atoms with Gasteiger partial charge in [0, 0.05) is 32.3 Å². The van der Waals surface area contributed by atoms with Crippen LogP contribution in [0.3, 0.4) is 0 Å². The summed E-state index contributed by atoms with van der Waals surface area (Å²) in [5, 5.41) is 6.76. The minimum absolute atomic E-state index is 0. The zero-order chi connectivity index (χ0) is 18.9.